The van der Waals surface area contributed by atoms with Crippen LogP contribution in [0.1, 0.15) is 43.0 Å². The first-order valence-electron chi connectivity index (χ1n) is 6.62. The van der Waals surface area contributed by atoms with Gasteiger partial charge in [0.05, 0.1) is 5.38 Å². The molecule has 2 fully saturated rings. The third-order valence-electron chi connectivity index (χ3n) is 4.63. The lowest BCUT2D eigenvalue weighted by Gasteiger charge is -2.24. The van der Waals surface area contributed by atoms with Crippen LogP contribution in [-0.4, -0.2) is 0 Å². The van der Waals surface area contributed by atoms with Gasteiger partial charge in [-0.25, -0.2) is 0 Å². The van der Waals surface area contributed by atoms with Crippen LogP contribution in [-0.2, 0) is 0 Å². The third kappa shape index (κ3) is 2.56. The predicted octanol–water partition coefficient (Wildman–Crippen LogP) is 5.56. The Morgan fingerprint density at radius 1 is 1.18 bits per heavy atom. The Hall–Kier alpha value is -0.0100. The van der Waals surface area contributed by atoms with Crippen LogP contribution in [0.4, 0.5) is 0 Å². The van der Waals surface area contributed by atoms with E-state index in [-0.39, 0.29) is 5.38 Å². The van der Waals surface area contributed by atoms with Crippen molar-refractivity contribution in [3.63, 3.8) is 0 Å². The molecule has 2 aliphatic carbocycles. The molecule has 2 saturated carbocycles. The molecule has 0 heterocycles. The largest absolute Gasteiger partial charge is 0.118 e. The molecule has 1 aromatic rings. The average Bonchev–Trinajstić information content (AvgIpc) is 2.91. The van der Waals surface area contributed by atoms with Gasteiger partial charge >= 0.3 is 0 Å². The molecule has 0 spiro atoms. The molecular weight excluding hydrogens is 296 g/mol. The molecule has 0 radical (unpaired) electrons. The number of fused-ring (bicyclic) bond motifs is 2. The lowest BCUT2D eigenvalue weighted by atomic mass is 9.84. The summed E-state index contributed by atoms with van der Waals surface area (Å²) in [5, 5.41) is 0.201. The molecule has 0 N–H and O–H groups in total. The molecule has 92 valence electrons. The van der Waals surface area contributed by atoms with E-state index in [4.69, 9.17) is 11.6 Å². The first-order valence-corrected chi connectivity index (χ1v) is 7.85. The van der Waals surface area contributed by atoms with E-state index < -0.39 is 0 Å². The molecule has 17 heavy (non-hydrogen) atoms. The van der Waals surface area contributed by atoms with Gasteiger partial charge in [0, 0.05) is 4.47 Å². The summed E-state index contributed by atoms with van der Waals surface area (Å²) in [6.45, 7) is 0. The number of rotatable bonds is 3. The van der Waals surface area contributed by atoms with Gasteiger partial charge in [-0.15, -0.1) is 11.6 Å². The first-order chi connectivity index (χ1) is 8.22. The van der Waals surface area contributed by atoms with E-state index in [1.807, 2.05) is 0 Å². The van der Waals surface area contributed by atoms with E-state index in [0.29, 0.717) is 0 Å². The number of halogens is 2. The lowest BCUT2D eigenvalue weighted by Crippen LogP contribution is -2.12. The van der Waals surface area contributed by atoms with Crippen molar-refractivity contribution in [1.82, 2.24) is 0 Å². The molecule has 0 saturated heterocycles. The summed E-state index contributed by atoms with van der Waals surface area (Å²) in [5.74, 6) is 2.90. The molecule has 4 unspecified atom stereocenters. The maximum Gasteiger partial charge on any atom is 0.0588 e. The fourth-order valence-corrected chi connectivity index (χ4v) is 4.38. The summed E-state index contributed by atoms with van der Waals surface area (Å²) in [6.07, 6.45) is 7.02. The van der Waals surface area contributed by atoms with Gasteiger partial charge < -0.3 is 0 Å². The summed E-state index contributed by atoms with van der Waals surface area (Å²) < 4.78 is 1.13. The van der Waals surface area contributed by atoms with Crippen molar-refractivity contribution in [1.29, 1.82) is 0 Å². The molecule has 1 aromatic carbocycles. The number of hydrogen-bond donors (Lipinski definition) is 0. The Morgan fingerprint density at radius 2 is 1.94 bits per heavy atom. The third-order valence-corrected chi connectivity index (χ3v) is 5.58. The van der Waals surface area contributed by atoms with Gasteiger partial charge in [-0.2, -0.15) is 0 Å². The fourth-order valence-electron chi connectivity index (χ4n) is 3.74. The summed E-state index contributed by atoms with van der Waals surface area (Å²) in [4.78, 5) is 0. The van der Waals surface area contributed by atoms with E-state index in [1.54, 1.807) is 0 Å². The normalized spacial score (nSPS) is 32.9. The molecule has 2 aliphatic rings. The highest BCUT2D eigenvalue weighted by molar-refractivity contribution is 9.10. The molecule has 4 atom stereocenters. The molecule has 2 heteroatoms. The van der Waals surface area contributed by atoms with E-state index in [0.717, 1.165) is 22.2 Å². The zero-order valence-corrected chi connectivity index (χ0v) is 12.3. The maximum atomic E-state index is 6.56. The second-order valence-corrected chi connectivity index (χ2v) is 7.13. The minimum absolute atomic E-state index is 0.201. The van der Waals surface area contributed by atoms with Crippen molar-refractivity contribution in [3.8, 4) is 0 Å². The second kappa shape index (κ2) is 4.93. The monoisotopic (exact) mass is 312 g/mol. The van der Waals surface area contributed by atoms with Gasteiger partial charge in [-0.05, 0) is 61.1 Å². The Kier molecular flexibility index (Phi) is 3.49. The van der Waals surface area contributed by atoms with Crippen molar-refractivity contribution in [2.24, 2.45) is 17.8 Å². The smallest absolute Gasteiger partial charge is 0.0588 e. The molecule has 3 rings (SSSR count). The van der Waals surface area contributed by atoms with Crippen LogP contribution >= 0.6 is 27.5 Å². The van der Waals surface area contributed by atoms with Crippen LogP contribution in [0.25, 0.3) is 0 Å². The quantitative estimate of drug-likeness (QED) is 0.641. The SMILES string of the molecule is ClC(CC1CC2CCC1C2)c1ccc(Br)cc1. The highest BCUT2D eigenvalue weighted by atomic mass is 79.9. The minimum atomic E-state index is 0.201. The highest BCUT2D eigenvalue weighted by Crippen LogP contribution is 2.51. The van der Waals surface area contributed by atoms with Crippen LogP contribution < -0.4 is 0 Å². The van der Waals surface area contributed by atoms with Crippen molar-refractivity contribution >= 4 is 27.5 Å². The molecular formula is C15H18BrCl. The molecule has 0 amide bonds. The van der Waals surface area contributed by atoms with Gasteiger partial charge in [0.2, 0.25) is 0 Å². The van der Waals surface area contributed by atoms with E-state index in [2.05, 4.69) is 40.2 Å². The van der Waals surface area contributed by atoms with Crippen LogP contribution in [0.5, 0.6) is 0 Å². The van der Waals surface area contributed by atoms with Gasteiger partial charge in [0.25, 0.3) is 0 Å². The second-order valence-electron chi connectivity index (χ2n) is 5.69. The number of hydrogen-bond acceptors (Lipinski definition) is 0. The zero-order chi connectivity index (χ0) is 11.8. The van der Waals surface area contributed by atoms with Crippen LogP contribution in [0.3, 0.4) is 0 Å². The van der Waals surface area contributed by atoms with Crippen molar-refractivity contribution in [3.05, 3.63) is 34.3 Å². The van der Waals surface area contributed by atoms with Crippen LogP contribution in [0, 0.1) is 17.8 Å². The Balaban J connectivity index is 1.63. The van der Waals surface area contributed by atoms with E-state index >= 15 is 0 Å². The molecule has 2 bridgehead atoms. The summed E-state index contributed by atoms with van der Waals surface area (Å²) in [7, 11) is 0. The van der Waals surface area contributed by atoms with Crippen molar-refractivity contribution in [2.75, 3.05) is 0 Å². The Morgan fingerprint density at radius 3 is 2.53 bits per heavy atom. The summed E-state index contributed by atoms with van der Waals surface area (Å²) >= 11 is 10.0. The number of benzene rings is 1. The standard InChI is InChI=1S/C15H18BrCl/c16-14-5-3-11(4-6-14)15(17)9-13-8-10-1-2-12(13)7-10/h3-6,10,12-13,15H,1-2,7-9H2. The van der Waals surface area contributed by atoms with E-state index in [9.17, 15) is 0 Å². The molecule has 0 aromatic heterocycles. The fraction of sp³-hybridized carbons (Fsp3) is 0.600. The molecule has 0 nitrogen and oxygen atoms in total. The van der Waals surface area contributed by atoms with Crippen molar-refractivity contribution in [2.45, 2.75) is 37.5 Å². The topological polar surface area (TPSA) is 0 Å². The van der Waals surface area contributed by atoms with E-state index in [1.165, 1.54) is 37.7 Å². The van der Waals surface area contributed by atoms with Crippen LogP contribution in [0.2, 0.25) is 0 Å². The maximum absolute atomic E-state index is 6.56. The summed E-state index contributed by atoms with van der Waals surface area (Å²) in [6, 6.07) is 8.47. The highest BCUT2D eigenvalue weighted by Gasteiger charge is 2.39. The Labute approximate surface area is 117 Å². The molecule has 0 aliphatic heterocycles. The first kappa shape index (κ1) is 12.0. The lowest BCUT2D eigenvalue weighted by molar-refractivity contribution is 0.312. The van der Waals surface area contributed by atoms with Crippen LogP contribution in [0.15, 0.2) is 28.7 Å². The Bertz CT molecular complexity index is 386. The summed E-state index contributed by atoms with van der Waals surface area (Å²) in [5.41, 5.74) is 1.28. The van der Waals surface area contributed by atoms with Gasteiger partial charge in [0.1, 0.15) is 0 Å². The van der Waals surface area contributed by atoms with Gasteiger partial charge in [-0.3, -0.25) is 0 Å². The zero-order valence-electron chi connectivity index (χ0n) is 9.91. The number of alkyl halides is 1. The van der Waals surface area contributed by atoms with Gasteiger partial charge in [-0.1, -0.05) is 34.5 Å². The predicted molar refractivity (Wildman–Crippen MR) is 76.3 cm³/mol. The van der Waals surface area contributed by atoms with Crippen molar-refractivity contribution < 1.29 is 0 Å². The minimum Gasteiger partial charge on any atom is -0.118 e. The van der Waals surface area contributed by atoms with Gasteiger partial charge in [0.15, 0.2) is 0 Å². The average molecular weight is 314 g/mol.